The maximum Gasteiger partial charge on any atom is -0.00137 e. The van der Waals surface area contributed by atoms with Crippen LogP contribution in [0.5, 0.6) is 0 Å². The smallest absolute Gasteiger partial charge is 0.00137 e. The highest BCUT2D eigenvalue weighted by molar-refractivity contribution is 6.26. The minimum atomic E-state index is 1.25. The lowest BCUT2D eigenvalue weighted by Crippen LogP contribution is -1.89. The standard InChI is InChI=1S/C50H30/c1-2-11-31(12-3-1)39-25-26-45-48-43(39)19-10-20-44(48)49-40-16-7-5-14-35(40)30-47(50(45)49)37-24-22-32-27-36(23-21-33(32)28-37)46-29-34-13-4-6-15-38(34)41-17-8-9-18-42(41)46/h1-30H. The van der Waals surface area contributed by atoms with Gasteiger partial charge in [-0.05, 0) is 134 Å². The summed E-state index contributed by atoms with van der Waals surface area (Å²) >= 11 is 0. The van der Waals surface area contributed by atoms with Gasteiger partial charge in [-0.3, -0.25) is 0 Å². The molecule has 0 unspecified atom stereocenters. The molecule has 11 rings (SSSR count). The van der Waals surface area contributed by atoms with E-state index >= 15 is 0 Å². The molecule has 10 aromatic carbocycles. The maximum atomic E-state index is 2.41. The average Bonchev–Trinajstić information content (AvgIpc) is 3.53. The second-order valence-electron chi connectivity index (χ2n) is 13.6. The summed E-state index contributed by atoms with van der Waals surface area (Å²) in [5.41, 5.74) is 12.9. The van der Waals surface area contributed by atoms with Gasteiger partial charge in [0.15, 0.2) is 0 Å². The minimum Gasteiger partial charge on any atom is -0.0622 e. The fourth-order valence-electron chi connectivity index (χ4n) is 8.70. The number of hydrogen-bond acceptors (Lipinski definition) is 0. The van der Waals surface area contributed by atoms with Gasteiger partial charge in [0.25, 0.3) is 0 Å². The van der Waals surface area contributed by atoms with Crippen LogP contribution in [-0.4, -0.2) is 0 Å². The molecule has 0 radical (unpaired) electrons. The summed E-state index contributed by atoms with van der Waals surface area (Å²) in [4.78, 5) is 0. The van der Waals surface area contributed by atoms with Crippen LogP contribution in [0.3, 0.4) is 0 Å². The first-order valence-corrected chi connectivity index (χ1v) is 17.4. The Hall–Kier alpha value is -6.50. The van der Waals surface area contributed by atoms with Gasteiger partial charge in [-0.25, -0.2) is 0 Å². The van der Waals surface area contributed by atoms with E-state index in [9.17, 15) is 0 Å². The summed E-state index contributed by atoms with van der Waals surface area (Å²) in [6, 6.07) is 67.5. The lowest BCUT2D eigenvalue weighted by molar-refractivity contribution is 1.65. The van der Waals surface area contributed by atoms with E-state index in [2.05, 4.69) is 182 Å². The summed E-state index contributed by atoms with van der Waals surface area (Å²) in [6.07, 6.45) is 0. The van der Waals surface area contributed by atoms with Crippen molar-refractivity contribution in [3.05, 3.63) is 182 Å². The molecule has 0 fully saturated rings. The summed E-state index contributed by atoms with van der Waals surface area (Å²) in [5, 5.41) is 12.9. The van der Waals surface area contributed by atoms with Gasteiger partial charge < -0.3 is 0 Å². The molecule has 0 spiro atoms. The Morgan fingerprint density at radius 2 is 0.780 bits per heavy atom. The number of fused-ring (bicyclic) bond motifs is 9. The van der Waals surface area contributed by atoms with E-state index < -0.39 is 0 Å². The first-order valence-electron chi connectivity index (χ1n) is 17.4. The Bertz CT molecular complexity index is 3020. The van der Waals surface area contributed by atoms with Crippen molar-refractivity contribution >= 4 is 53.9 Å². The van der Waals surface area contributed by atoms with Gasteiger partial charge >= 0.3 is 0 Å². The molecule has 50 heavy (non-hydrogen) atoms. The van der Waals surface area contributed by atoms with E-state index in [0.29, 0.717) is 0 Å². The molecule has 0 bridgehead atoms. The molecule has 0 heterocycles. The molecule has 0 N–H and O–H groups in total. The van der Waals surface area contributed by atoms with Crippen LogP contribution in [0.15, 0.2) is 182 Å². The van der Waals surface area contributed by atoms with Crippen molar-refractivity contribution in [1.82, 2.24) is 0 Å². The second kappa shape index (κ2) is 10.5. The lowest BCUT2D eigenvalue weighted by Gasteiger charge is -2.16. The van der Waals surface area contributed by atoms with Crippen LogP contribution in [-0.2, 0) is 0 Å². The molecule has 0 saturated heterocycles. The highest BCUT2D eigenvalue weighted by Crippen LogP contribution is 2.55. The van der Waals surface area contributed by atoms with Crippen molar-refractivity contribution in [2.24, 2.45) is 0 Å². The Labute approximate surface area is 290 Å². The van der Waals surface area contributed by atoms with E-state index in [-0.39, 0.29) is 0 Å². The van der Waals surface area contributed by atoms with Crippen molar-refractivity contribution in [1.29, 1.82) is 0 Å². The Morgan fingerprint density at radius 1 is 0.220 bits per heavy atom. The first-order chi connectivity index (χ1) is 24.8. The molecule has 0 aromatic heterocycles. The molecule has 0 atom stereocenters. The summed E-state index contributed by atoms with van der Waals surface area (Å²) in [7, 11) is 0. The third-order valence-electron chi connectivity index (χ3n) is 10.9. The monoisotopic (exact) mass is 630 g/mol. The quantitative estimate of drug-likeness (QED) is 0.170. The van der Waals surface area contributed by atoms with E-state index in [1.165, 1.54) is 109 Å². The van der Waals surface area contributed by atoms with Crippen molar-refractivity contribution < 1.29 is 0 Å². The number of hydrogen-bond donors (Lipinski definition) is 0. The van der Waals surface area contributed by atoms with Gasteiger partial charge in [0.2, 0.25) is 0 Å². The van der Waals surface area contributed by atoms with Gasteiger partial charge in [0, 0.05) is 0 Å². The minimum absolute atomic E-state index is 1.25. The molecule has 0 nitrogen and oxygen atoms in total. The Kier molecular flexibility index (Phi) is 5.76. The van der Waals surface area contributed by atoms with Gasteiger partial charge in [0.05, 0.1) is 0 Å². The Morgan fingerprint density at radius 3 is 1.56 bits per heavy atom. The van der Waals surface area contributed by atoms with Crippen LogP contribution in [0.25, 0.3) is 109 Å². The number of benzene rings is 10. The third-order valence-corrected chi connectivity index (χ3v) is 10.9. The third kappa shape index (κ3) is 3.94. The fourth-order valence-corrected chi connectivity index (χ4v) is 8.70. The predicted octanol–water partition coefficient (Wildman–Crippen LogP) is 14.1. The Balaban J connectivity index is 1.11. The van der Waals surface area contributed by atoms with Crippen molar-refractivity contribution in [3.63, 3.8) is 0 Å². The topological polar surface area (TPSA) is 0 Å². The molecule has 0 saturated carbocycles. The van der Waals surface area contributed by atoms with Crippen LogP contribution in [0.4, 0.5) is 0 Å². The molecule has 0 heteroatoms. The van der Waals surface area contributed by atoms with Gasteiger partial charge in [-0.2, -0.15) is 0 Å². The van der Waals surface area contributed by atoms with E-state index in [0.717, 1.165) is 0 Å². The summed E-state index contributed by atoms with van der Waals surface area (Å²) in [5.74, 6) is 0. The molecule has 10 aromatic rings. The van der Waals surface area contributed by atoms with Gasteiger partial charge in [-0.1, -0.05) is 158 Å². The highest BCUT2D eigenvalue weighted by Gasteiger charge is 2.28. The lowest BCUT2D eigenvalue weighted by atomic mass is 9.87. The largest absolute Gasteiger partial charge is 0.0622 e. The zero-order valence-electron chi connectivity index (χ0n) is 27.3. The van der Waals surface area contributed by atoms with E-state index in [1.54, 1.807) is 0 Å². The zero-order chi connectivity index (χ0) is 32.8. The number of rotatable bonds is 3. The van der Waals surface area contributed by atoms with Crippen molar-refractivity contribution in [2.45, 2.75) is 0 Å². The van der Waals surface area contributed by atoms with Crippen LogP contribution in [0, 0.1) is 0 Å². The predicted molar refractivity (Wildman–Crippen MR) is 215 cm³/mol. The molecular formula is C50H30. The molecule has 0 amide bonds. The average molecular weight is 631 g/mol. The molecular weight excluding hydrogens is 601 g/mol. The normalized spacial score (nSPS) is 12.0. The molecule has 1 aliphatic carbocycles. The van der Waals surface area contributed by atoms with Gasteiger partial charge in [-0.15, -0.1) is 0 Å². The SMILES string of the molecule is c1ccc(-c2ccc3c4c(cccc24)-c2c-3c(-c3ccc4cc(-c5cc6ccccc6c6ccccc56)ccc4c3)cc3ccccc23)cc1. The van der Waals surface area contributed by atoms with Crippen LogP contribution < -0.4 is 0 Å². The molecule has 230 valence electrons. The van der Waals surface area contributed by atoms with Crippen molar-refractivity contribution in [3.8, 4) is 55.6 Å². The first kappa shape index (κ1) is 27.5. The molecule has 0 aliphatic heterocycles. The molecule has 1 aliphatic rings. The maximum absolute atomic E-state index is 2.41. The summed E-state index contributed by atoms with van der Waals surface area (Å²) < 4.78 is 0. The summed E-state index contributed by atoms with van der Waals surface area (Å²) in [6.45, 7) is 0. The highest BCUT2D eigenvalue weighted by atomic mass is 14.3. The van der Waals surface area contributed by atoms with E-state index in [1.807, 2.05) is 0 Å². The van der Waals surface area contributed by atoms with E-state index in [4.69, 9.17) is 0 Å². The van der Waals surface area contributed by atoms with Crippen LogP contribution >= 0.6 is 0 Å². The van der Waals surface area contributed by atoms with Crippen LogP contribution in [0.1, 0.15) is 0 Å². The second-order valence-corrected chi connectivity index (χ2v) is 13.6. The van der Waals surface area contributed by atoms with Gasteiger partial charge in [0.1, 0.15) is 0 Å². The fraction of sp³-hybridized carbons (Fsp3) is 0. The van der Waals surface area contributed by atoms with Crippen molar-refractivity contribution in [2.75, 3.05) is 0 Å². The van der Waals surface area contributed by atoms with Crippen LogP contribution in [0.2, 0.25) is 0 Å². The zero-order valence-corrected chi connectivity index (χ0v) is 27.3.